The minimum atomic E-state index is -1.10. The van der Waals surface area contributed by atoms with Gasteiger partial charge >= 0.3 is 5.97 Å². The molecule has 124 valence electrons. The zero-order valence-electron chi connectivity index (χ0n) is 13.1. The molecule has 2 rings (SSSR count). The number of fused-ring (bicyclic) bond motifs is 1. The van der Waals surface area contributed by atoms with Gasteiger partial charge in [0.15, 0.2) is 0 Å². The number of benzene rings is 1. The van der Waals surface area contributed by atoms with Gasteiger partial charge in [-0.3, -0.25) is 4.79 Å². The fraction of sp³-hybridized carbons (Fsp3) is 0.375. The maximum atomic E-state index is 13.8. The van der Waals surface area contributed by atoms with Crippen LogP contribution in [0.3, 0.4) is 0 Å². The monoisotopic (exact) mass is 322 g/mol. The molecule has 0 spiro atoms. The fourth-order valence-electron chi connectivity index (χ4n) is 2.39. The molecule has 1 aromatic heterocycles. The Balaban J connectivity index is 2.30. The van der Waals surface area contributed by atoms with E-state index in [-0.39, 0.29) is 17.1 Å². The third kappa shape index (κ3) is 3.61. The number of rotatable bonds is 6. The van der Waals surface area contributed by atoms with E-state index in [1.165, 1.54) is 25.3 Å². The lowest BCUT2D eigenvalue weighted by Gasteiger charge is -2.15. The highest BCUT2D eigenvalue weighted by Crippen LogP contribution is 2.28. The van der Waals surface area contributed by atoms with Crippen LogP contribution in [0.25, 0.3) is 10.9 Å². The molecule has 1 amide bonds. The lowest BCUT2D eigenvalue weighted by Crippen LogP contribution is -2.41. The van der Waals surface area contributed by atoms with Crippen molar-refractivity contribution in [1.82, 2.24) is 10.3 Å². The standard InChI is InChI=1S/C16H19FN2O4/c1-8(2)6-12(16(21)22)19-15(20)11-7-9-13(23-3)5-4-10(17)14(9)18-11/h4-5,7-8,12,18H,6H2,1-3H3,(H,19,20)(H,21,22). The molecule has 0 fully saturated rings. The Hall–Kier alpha value is -2.57. The third-order valence-electron chi connectivity index (χ3n) is 3.48. The van der Waals surface area contributed by atoms with Gasteiger partial charge in [-0.25, -0.2) is 9.18 Å². The summed E-state index contributed by atoms with van der Waals surface area (Å²) in [7, 11) is 1.45. The van der Waals surface area contributed by atoms with Crippen molar-refractivity contribution in [2.75, 3.05) is 7.11 Å². The van der Waals surface area contributed by atoms with Crippen LogP contribution in [0.4, 0.5) is 4.39 Å². The number of H-pyrrole nitrogens is 1. The zero-order valence-corrected chi connectivity index (χ0v) is 13.1. The summed E-state index contributed by atoms with van der Waals surface area (Å²) < 4.78 is 19.0. The first-order chi connectivity index (χ1) is 10.8. The summed E-state index contributed by atoms with van der Waals surface area (Å²) in [6.45, 7) is 3.73. The van der Waals surface area contributed by atoms with Crippen LogP contribution < -0.4 is 10.1 Å². The Morgan fingerprint density at radius 3 is 2.65 bits per heavy atom. The van der Waals surface area contributed by atoms with Crippen LogP contribution >= 0.6 is 0 Å². The number of carbonyl (C=O) groups excluding carboxylic acids is 1. The minimum absolute atomic E-state index is 0.0819. The molecule has 1 atom stereocenters. The maximum absolute atomic E-state index is 13.8. The molecule has 0 saturated carbocycles. The van der Waals surface area contributed by atoms with Crippen molar-refractivity contribution in [2.45, 2.75) is 26.3 Å². The Morgan fingerprint density at radius 2 is 2.09 bits per heavy atom. The molecule has 0 aliphatic rings. The number of aliphatic carboxylic acids is 1. The number of carboxylic acid groups (broad SMARTS) is 1. The first-order valence-electron chi connectivity index (χ1n) is 7.22. The maximum Gasteiger partial charge on any atom is 0.326 e. The van der Waals surface area contributed by atoms with Crippen LogP contribution in [0.5, 0.6) is 5.75 Å². The van der Waals surface area contributed by atoms with Gasteiger partial charge in [-0.15, -0.1) is 0 Å². The van der Waals surface area contributed by atoms with E-state index in [1.807, 2.05) is 13.8 Å². The number of carbonyl (C=O) groups is 2. The van der Waals surface area contributed by atoms with Crippen molar-refractivity contribution in [3.05, 3.63) is 29.7 Å². The summed E-state index contributed by atoms with van der Waals surface area (Å²) in [6, 6.07) is 3.14. The summed E-state index contributed by atoms with van der Waals surface area (Å²) in [5.41, 5.74) is 0.226. The zero-order chi connectivity index (χ0) is 17.1. The van der Waals surface area contributed by atoms with Crippen LogP contribution in [0.1, 0.15) is 30.8 Å². The van der Waals surface area contributed by atoms with Gasteiger partial charge in [0, 0.05) is 5.39 Å². The Labute approximate surface area is 132 Å². The van der Waals surface area contributed by atoms with E-state index in [0.717, 1.165) is 0 Å². The lowest BCUT2D eigenvalue weighted by molar-refractivity contribution is -0.139. The first-order valence-corrected chi connectivity index (χ1v) is 7.22. The number of hydrogen-bond acceptors (Lipinski definition) is 3. The van der Waals surface area contributed by atoms with E-state index >= 15 is 0 Å². The predicted molar refractivity (Wildman–Crippen MR) is 83.2 cm³/mol. The van der Waals surface area contributed by atoms with Crippen LogP contribution in [0, 0.1) is 11.7 Å². The molecule has 0 saturated heterocycles. The van der Waals surface area contributed by atoms with Gasteiger partial charge in [-0.2, -0.15) is 0 Å². The molecular formula is C16H19FN2O4. The van der Waals surface area contributed by atoms with Crippen molar-refractivity contribution < 1.29 is 23.8 Å². The van der Waals surface area contributed by atoms with Gasteiger partial charge in [0.05, 0.1) is 12.6 Å². The molecule has 0 bridgehead atoms. The highest BCUT2D eigenvalue weighted by molar-refractivity contribution is 6.01. The lowest BCUT2D eigenvalue weighted by atomic mass is 10.0. The van der Waals surface area contributed by atoms with E-state index in [1.54, 1.807) is 0 Å². The van der Waals surface area contributed by atoms with Crippen LogP contribution in [-0.4, -0.2) is 35.1 Å². The second-order valence-electron chi connectivity index (χ2n) is 5.72. The normalized spacial score (nSPS) is 12.4. The van der Waals surface area contributed by atoms with E-state index in [4.69, 9.17) is 4.74 Å². The smallest absolute Gasteiger partial charge is 0.326 e. The van der Waals surface area contributed by atoms with Crippen molar-refractivity contribution >= 4 is 22.8 Å². The predicted octanol–water partition coefficient (Wildman–Crippen LogP) is 2.54. The number of carboxylic acids is 1. The molecule has 1 aromatic carbocycles. The molecule has 6 nitrogen and oxygen atoms in total. The fourth-order valence-corrected chi connectivity index (χ4v) is 2.39. The number of aromatic amines is 1. The largest absolute Gasteiger partial charge is 0.496 e. The summed E-state index contributed by atoms with van der Waals surface area (Å²) in [5.74, 6) is -1.69. The number of methoxy groups -OCH3 is 1. The summed E-state index contributed by atoms with van der Waals surface area (Å²) in [5, 5.41) is 12.1. The second kappa shape index (κ2) is 6.68. The second-order valence-corrected chi connectivity index (χ2v) is 5.72. The SMILES string of the molecule is COc1ccc(F)c2[nH]c(C(=O)NC(CC(C)C)C(=O)O)cc12. The molecule has 0 radical (unpaired) electrons. The van der Waals surface area contributed by atoms with Crippen molar-refractivity contribution in [2.24, 2.45) is 5.92 Å². The highest BCUT2D eigenvalue weighted by Gasteiger charge is 2.23. The molecule has 0 aliphatic carbocycles. The molecule has 0 aliphatic heterocycles. The van der Waals surface area contributed by atoms with Crippen molar-refractivity contribution in [3.63, 3.8) is 0 Å². The summed E-state index contributed by atoms with van der Waals surface area (Å²) in [4.78, 5) is 26.2. The highest BCUT2D eigenvalue weighted by atomic mass is 19.1. The number of hydrogen-bond donors (Lipinski definition) is 3. The van der Waals surface area contributed by atoms with E-state index in [0.29, 0.717) is 17.6 Å². The quantitative estimate of drug-likeness (QED) is 0.762. The number of amides is 1. The van der Waals surface area contributed by atoms with E-state index in [9.17, 15) is 19.1 Å². The topological polar surface area (TPSA) is 91.4 Å². The Kier molecular flexibility index (Phi) is 4.88. The van der Waals surface area contributed by atoms with Crippen LogP contribution in [0.2, 0.25) is 0 Å². The van der Waals surface area contributed by atoms with Gasteiger partial charge in [0.2, 0.25) is 0 Å². The molecule has 7 heteroatoms. The average molecular weight is 322 g/mol. The van der Waals surface area contributed by atoms with Gasteiger partial charge in [-0.1, -0.05) is 13.8 Å². The van der Waals surface area contributed by atoms with E-state index < -0.39 is 23.7 Å². The van der Waals surface area contributed by atoms with Crippen LogP contribution in [0.15, 0.2) is 18.2 Å². The minimum Gasteiger partial charge on any atom is -0.496 e. The number of ether oxygens (including phenoxy) is 1. The summed E-state index contributed by atoms with van der Waals surface area (Å²) >= 11 is 0. The molecule has 1 heterocycles. The van der Waals surface area contributed by atoms with Gasteiger partial charge < -0.3 is 20.1 Å². The molecule has 1 unspecified atom stereocenters. The van der Waals surface area contributed by atoms with Crippen LogP contribution in [-0.2, 0) is 4.79 Å². The Bertz CT molecular complexity index is 739. The van der Waals surface area contributed by atoms with E-state index in [2.05, 4.69) is 10.3 Å². The Morgan fingerprint density at radius 1 is 1.39 bits per heavy atom. The van der Waals surface area contributed by atoms with Gasteiger partial charge in [0.1, 0.15) is 23.3 Å². The molecule has 3 N–H and O–H groups in total. The number of halogens is 1. The van der Waals surface area contributed by atoms with Gasteiger partial charge in [0.25, 0.3) is 5.91 Å². The third-order valence-corrected chi connectivity index (χ3v) is 3.48. The van der Waals surface area contributed by atoms with Gasteiger partial charge in [-0.05, 0) is 30.5 Å². The van der Waals surface area contributed by atoms with Crippen molar-refractivity contribution in [3.8, 4) is 5.75 Å². The molecule has 2 aromatic rings. The van der Waals surface area contributed by atoms with Crippen molar-refractivity contribution in [1.29, 1.82) is 0 Å². The molecule has 23 heavy (non-hydrogen) atoms. The average Bonchev–Trinajstić information content (AvgIpc) is 2.92. The molecular weight excluding hydrogens is 303 g/mol. The summed E-state index contributed by atoms with van der Waals surface area (Å²) in [6.07, 6.45) is 0.305. The number of aromatic nitrogens is 1. The first kappa shape index (κ1) is 16.8. The number of nitrogens with one attached hydrogen (secondary N) is 2.